The fraction of sp³-hybridized carbons (Fsp3) is 0.478. The van der Waals surface area contributed by atoms with Crippen molar-refractivity contribution in [3.8, 4) is 0 Å². The van der Waals surface area contributed by atoms with E-state index in [1.165, 1.54) is 0 Å². The predicted octanol–water partition coefficient (Wildman–Crippen LogP) is 5.50. The molecule has 1 aromatic carbocycles. The minimum absolute atomic E-state index is 0.0507. The molecule has 0 aliphatic carbocycles. The summed E-state index contributed by atoms with van der Waals surface area (Å²) < 4.78 is 0. The molecule has 0 bridgehead atoms. The molecule has 0 radical (unpaired) electrons. The van der Waals surface area contributed by atoms with E-state index in [0.717, 1.165) is 43.7 Å². The molecule has 29 heavy (non-hydrogen) atoms. The van der Waals surface area contributed by atoms with Crippen molar-refractivity contribution in [3.63, 3.8) is 0 Å². The predicted molar refractivity (Wildman–Crippen MR) is 119 cm³/mol. The number of aromatic nitrogens is 1. The highest BCUT2D eigenvalue weighted by molar-refractivity contribution is 6.42. The Kier molecular flexibility index (Phi) is 7.20. The minimum Gasteiger partial charge on any atom is -0.347 e. The Morgan fingerprint density at radius 1 is 1.24 bits per heavy atom. The number of benzene rings is 1. The largest absolute Gasteiger partial charge is 0.347 e. The number of hydrogen-bond acceptors (Lipinski definition) is 3. The maximum Gasteiger partial charge on any atom is 0.225 e. The van der Waals surface area contributed by atoms with Crippen LogP contribution < -0.4 is 5.32 Å². The monoisotopic (exact) mass is 433 g/mol. The molecule has 1 N–H and O–H groups in total. The third-order valence-electron chi connectivity index (χ3n) is 5.38. The fourth-order valence-corrected chi connectivity index (χ4v) is 4.07. The van der Waals surface area contributed by atoms with E-state index in [1.807, 2.05) is 57.2 Å². The molecule has 2 aromatic rings. The third kappa shape index (κ3) is 5.94. The van der Waals surface area contributed by atoms with E-state index >= 15 is 0 Å². The average molecular weight is 434 g/mol. The molecule has 4 nitrogen and oxygen atoms in total. The highest BCUT2D eigenvalue weighted by Crippen LogP contribution is 2.31. The van der Waals surface area contributed by atoms with Crippen LogP contribution in [-0.2, 0) is 11.3 Å². The summed E-state index contributed by atoms with van der Waals surface area (Å²) in [6.45, 7) is 8.56. The first kappa shape index (κ1) is 22.1. The number of likely N-dealkylation sites (tertiary alicyclic amines) is 1. The van der Waals surface area contributed by atoms with Gasteiger partial charge in [0, 0.05) is 24.7 Å². The maximum absolute atomic E-state index is 12.8. The number of piperidine rings is 1. The molecule has 1 aromatic heterocycles. The molecule has 2 heterocycles. The van der Waals surface area contributed by atoms with Crippen molar-refractivity contribution in [3.05, 3.63) is 63.9 Å². The molecule has 1 fully saturated rings. The van der Waals surface area contributed by atoms with E-state index in [2.05, 4.69) is 15.2 Å². The van der Waals surface area contributed by atoms with Crippen LogP contribution in [0, 0.1) is 11.3 Å². The molecule has 1 amide bonds. The van der Waals surface area contributed by atoms with Crippen molar-refractivity contribution in [2.45, 2.75) is 46.2 Å². The maximum atomic E-state index is 12.8. The van der Waals surface area contributed by atoms with Crippen LogP contribution in [0.1, 0.15) is 50.9 Å². The van der Waals surface area contributed by atoms with Gasteiger partial charge in [-0.2, -0.15) is 0 Å². The lowest BCUT2D eigenvalue weighted by molar-refractivity contribution is -0.130. The molecule has 2 atom stereocenters. The first-order valence-electron chi connectivity index (χ1n) is 10.1. The highest BCUT2D eigenvalue weighted by atomic mass is 35.5. The molecule has 6 heteroatoms. The lowest BCUT2D eigenvalue weighted by Gasteiger charge is -2.38. The first-order chi connectivity index (χ1) is 13.7. The lowest BCUT2D eigenvalue weighted by Crippen LogP contribution is -2.45. The number of nitrogens with one attached hydrogen (secondary N) is 1. The molecule has 1 saturated heterocycles. The topological polar surface area (TPSA) is 45.2 Å². The molecule has 1 aliphatic heterocycles. The van der Waals surface area contributed by atoms with Crippen LogP contribution in [0.3, 0.4) is 0 Å². The van der Waals surface area contributed by atoms with Crippen LogP contribution in [-0.4, -0.2) is 28.9 Å². The van der Waals surface area contributed by atoms with Gasteiger partial charge in [-0.15, -0.1) is 0 Å². The van der Waals surface area contributed by atoms with Gasteiger partial charge in [0.25, 0.3) is 0 Å². The highest BCUT2D eigenvalue weighted by Gasteiger charge is 2.33. The zero-order valence-electron chi connectivity index (χ0n) is 17.3. The number of amides is 1. The Hall–Kier alpha value is -1.62. The van der Waals surface area contributed by atoms with Gasteiger partial charge in [-0.05, 0) is 55.1 Å². The summed E-state index contributed by atoms with van der Waals surface area (Å²) in [7, 11) is 0. The summed E-state index contributed by atoms with van der Waals surface area (Å²) in [5.41, 5.74) is 1.63. The van der Waals surface area contributed by atoms with Crippen molar-refractivity contribution >= 4 is 29.1 Å². The van der Waals surface area contributed by atoms with Crippen molar-refractivity contribution in [2.24, 2.45) is 11.3 Å². The molecule has 156 valence electrons. The van der Waals surface area contributed by atoms with Crippen LogP contribution in [0.15, 0.2) is 42.6 Å². The standard InChI is InChI=1S/C23H29Cl2N3O/c1-23(2,3)22(29)27-21(20-8-4-5-11-26-20)17-7-6-12-28(15-17)14-16-9-10-18(24)19(25)13-16/h4-5,8-11,13,17,21H,6-7,12,14-15H2,1-3H3,(H,27,29)/t17-,21-/m0/s1. The molecule has 3 rings (SSSR count). The van der Waals surface area contributed by atoms with E-state index in [1.54, 1.807) is 6.20 Å². The average Bonchev–Trinajstić information content (AvgIpc) is 2.69. The van der Waals surface area contributed by atoms with E-state index in [4.69, 9.17) is 23.2 Å². The van der Waals surface area contributed by atoms with Crippen LogP contribution in [0.4, 0.5) is 0 Å². The van der Waals surface area contributed by atoms with Crippen LogP contribution >= 0.6 is 23.2 Å². The van der Waals surface area contributed by atoms with Crippen molar-refractivity contribution in [1.29, 1.82) is 0 Å². The summed E-state index contributed by atoms with van der Waals surface area (Å²) in [6.07, 6.45) is 3.94. The Morgan fingerprint density at radius 3 is 2.69 bits per heavy atom. The van der Waals surface area contributed by atoms with Gasteiger partial charge in [0.2, 0.25) is 5.91 Å². The van der Waals surface area contributed by atoms with Gasteiger partial charge in [-0.3, -0.25) is 14.7 Å². The second-order valence-electron chi connectivity index (χ2n) is 8.84. The number of rotatable bonds is 5. The number of hydrogen-bond donors (Lipinski definition) is 1. The van der Waals surface area contributed by atoms with Gasteiger partial charge >= 0.3 is 0 Å². The minimum atomic E-state index is -0.443. The Labute approximate surface area is 183 Å². The molecular weight excluding hydrogens is 405 g/mol. The quantitative estimate of drug-likeness (QED) is 0.676. The van der Waals surface area contributed by atoms with E-state index in [0.29, 0.717) is 16.0 Å². The van der Waals surface area contributed by atoms with E-state index in [9.17, 15) is 4.79 Å². The SMILES string of the molecule is CC(C)(C)C(=O)N[C@H](c1ccccn1)[C@H]1CCCN(Cc2ccc(Cl)c(Cl)c2)C1. The zero-order valence-corrected chi connectivity index (χ0v) is 18.8. The number of halogens is 2. The Balaban J connectivity index is 1.76. The van der Waals surface area contributed by atoms with E-state index in [-0.39, 0.29) is 11.9 Å². The smallest absolute Gasteiger partial charge is 0.225 e. The van der Waals surface area contributed by atoms with Gasteiger partial charge in [-0.1, -0.05) is 56.1 Å². The van der Waals surface area contributed by atoms with Gasteiger partial charge < -0.3 is 5.32 Å². The Morgan fingerprint density at radius 2 is 2.03 bits per heavy atom. The number of nitrogens with zero attached hydrogens (tertiary/aromatic N) is 2. The van der Waals surface area contributed by atoms with Crippen LogP contribution in [0.25, 0.3) is 0 Å². The van der Waals surface area contributed by atoms with Gasteiger partial charge in [-0.25, -0.2) is 0 Å². The van der Waals surface area contributed by atoms with Crippen molar-refractivity contribution < 1.29 is 4.79 Å². The van der Waals surface area contributed by atoms with Crippen LogP contribution in [0.5, 0.6) is 0 Å². The van der Waals surface area contributed by atoms with Crippen molar-refractivity contribution in [2.75, 3.05) is 13.1 Å². The summed E-state index contributed by atoms with van der Waals surface area (Å²) in [5.74, 6) is 0.350. The van der Waals surface area contributed by atoms with Gasteiger partial charge in [0.1, 0.15) is 0 Å². The number of pyridine rings is 1. The van der Waals surface area contributed by atoms with Gasteiger partial charge in [0.15, 0.2) is 0 Å². The van der Waals surface area contributed by atoms with Crippen LogP contribution in [0.2, 0.25) is 10.0 Å². The summed E-state index contributed by atoms with van der Waals surface area (Å²) in [6, 6.07) is 11.6. The normalized spacial score (nSPS) is 19.0. The summed E-state index contributed by atoms with van der Waals surface area (Å²) in [5, 5.41) is 4.44. The Bertz CT molecular complexity index is 836. The van der Waals surface area contributed by atoms with Gasteiger partial charge in [0.05, 0.1) is 21.8 Å². The molecule has 0 spiro atoms. The number of carbonyl (C=O) groups is 1. The molecule has 0 saturated carbocycles. The first-order valence-corrected chi connectivity index (χ1v) is 10.9. The number of carbonyl (C=O) groups excluding carboxylic acids is 1. The summed E-state index contributed by atoms with van der Waals surface area (Å²) in [4.78, 5) is 19.7. The second kappa shape index (κ2) is 9.46. The molecule has 0 unspecified atom stereocenters. The van der Waals surface area contributed by atoms with E-state index < -0.39 is 5.41 Å². The lowest BCUT2D eigenvalue weighted by atomic mass is 9.86. The second-order valence-corrected chi connectivity index (χ2v) is 9.66. The summed E-state index contributed by atoms with van der Waals surface area (Å²) >= 11 is 12.2. The fourth-order valence-electron chi connectivity index (χ4n) is 3.75. The zero-order chi connectivity index (χ0) is 21.0. The third-order valence-corrected chi connectivity index (χ3v) is 6.12. The molecular formula is C23H29Cl2N3O. The van der Waals surface area contributed by atoms with Crippen molar-refractivity contribution in [1.82, 2.24) is 15.2 Å². The molecule has 1 aliphatic rings.